The average Bonchev–Trinajstić information content (AvgIpc) is 3.37. The van der Waals surface area contributed by atoms with Crippen LogP contribution in [-0.4, -0.2) is 40.9 Å². The number of rotatable bonds is 7. The smallest absolute Gasteiger partial charge is 0.272 e. The number of nitrogens with one attached hydrogen (secondary N) is 2. The first-order valence-electron chi connectivity index (χ1n) is 11.5. The molecule has 1 aromatic heterocycles. The Morgan fingerprint density at radius 3 is 2.50 bits per heavy atom. The monoisotopic (exact) mass is 521 g/mol. The van der Waals surface area contributed by atoms with Crippen LogP contribution in [0.15, 0.2) is 18.2 Å². The van der Waals surface area contributed by atoms with Crippen LogP contribution in [0, 0.1) is 24.1 Å². The van der Waals surface area contributed by atoms with Gasteiger partial charge in [0.15, 0.2) is 0 Å². The molecule has 0 radical (unpaired) electrons. The first kappa shape index (κ1) is 24.5. The molecule has 2 aliphatic carbocycles. The second kappa shape index (κ2) is 8.19. The normalized spacial score (nSPS) is 22.2. The van der Waals surface area contributed by atoms with Crippen molar-refractivity contribution in [2.45, 2.75) is 51.0 Å². The lowest BCUT2D eigenvalue weighted by Crippen LogP contribution is -2.55. The molecule has 0 saturated heterocycles. The Kier molecular flexibility index (Phi) is 5.59. The number of benzene rings is 1. The van der Waals surface area contributed by atoms with E-state index in [0.29, 0.717) is 17.7 Å². The van der Waals surface area contributed by atoms with Crippen LogP contribution in [0.2, 0.25) is 5.02 Å². The van der Waals surface area contributed by atoms with Gasteiger partial charge >= 0.3 is 0 Å². The number of ketones is 2. The number of amides is 2. The fourth-order valence-corrected chi connectivity index (χ4v) is 5.98. The van der Waals surface area contributed by atoms with E-state index in [9.17, 15) is 32.3 Å². The lowest BCUT2D eigenvalue weighted by atomic mass is 9.62. The molecule has 2 aromatic rings. The number of aromatic nitrogens is 1. The lowest BCUT2D eigenvalue weighted by molar-refractivity contribution is -0.181. The zero-order valence-electron chi connectivity index (χ0n) is 19.5. The Hall–Kier alpha value is -3.14. The molecule has 3 aliphatic rings. The van der Waals surface area contributed by atoms with Crippen LogP contribution >= 0.6 is 11.6 Å². The van der Waals surface area contributed by atoms with Crippen molar-refractivity contribution >= 4 is 40.7 Å². The minimum Gasteiger partial charge on any atom is -0.359 e. The van der Waals surface area contributed by atoms with Crippen molar-refractivity contribution in [1.29, 1.82) is 0 Å². The standard InChI is InChI=1S/C25H23ClF3N3O4/c1-11-19(21(34)18(33)8-24(23(36)30-2)9-25(28,29)10-24)17-6-12-5-16(12)32(17)20(11)22(35)31-13-3-4-15(27)14(26)7-13/h3-4,7,12,16H,5-6,8-10H2,1-2H3,(H,30,36)(H,31,35)/t12-,16-/m1/s1. The zero-order chi connectivity index (χ0) is 26.2. The third-order valence-electron chi connectivity index (χ3n) is 7.50. The molecule has 190 valence electrons. The predicted octanol–water partition coefficient (Wildman–Crippen LogP) is 4.26. The van der Waals surface area contributed by atoms with Gasteiger partial charge in [-0.25, -0.2) is 13.2 Å². The number of Topliss-reactive ketones (excluding diaryl/α,β-unsaturated/α-hetero) is 2. The van der Waals surface area contributed by atoms with Gasteiger partial charge in [0.2, 0.25) is 23.4 Å². The fourth-order valence-electron chi connectivity index (χ4n) is 5.79. The van der Waals surface area contributed by atoms with Crippen LogP contribution in [0.1, 0.15) is 63.8 Å². The molecule has 11 heteroatoms. The molecule has 36 heavy (non-hydrogen) atoms. The summed E-state index contributed by atoms with van der Waals surface area (Å²) in [6, 6.07) is 3.75. The molecule has 5 rings (SSSR count). The van der Waals surface area contributed by atoms with Gasteiger partial charge in [0.05, 0.1) is 16.0 Å². The highest BCUT2D eigenvalue weighted by molar-refractivity contribution is 6.45. The first-order valence-corrected chi connectivity index (χ1v) is 11.9. The molecule has 2 fully saturated rings. The summed E-state index contributed by atoms with van der Waals surface area (Å²) in [7, 11) is 1.29. The summed E-state index contributed by atoms with van der Waals surface area (Å²) in [5.74, 6) is -6.54. The zero-order valence-corrected chi connectivity index (χ0v) is 20.3. The molecule has 0 spiro atoms. The highest BCUT2D eigenvalue weighted by atomic mass is 35.5. The van der Waals surface area contributed by atoms with Crippen LogP contribution in [0.25, 0.3) is 0 Å². The maximum atomic E-state index is 13.7. The largest absolute Gasteiger partial charge is 0.359 e. The van der Waals surface area contributed by atoms with Crippen LogP contribution in [0.3, 0.4) is 0 Å². The van der Waals surface area contributed by atoms with E-state index in [2.05, 4.69) is 10.6 Å². The molecule has 2 atom stereocenters. The summed E-state index contributed by atoms with van der Waals surface area (Å²) < 4.78 is 42.6. The SMILES string of the molecule is CNC(=O)C1(CC(=O)C(=O)c2c(C)c(C(=O)Nc3ccc(F)c(Cl)c3)n3c2C[C@H]2C[C@H]23)CC(F)(F)C1. The van der Waals surface area contributed by atoms with Gasteiger partial charge < -0.3 is 15.2 Å². The first-order chi connectivity index (χ1) is 16.9. The number of fused-ring (bicyclic) bond motifs is 3. The average molecular weight is 522 g/mol. The van der Waals surface area contributed by atoms with E-state index in [1.165, 1.54) is 19.2 Å². The number of carbonyl (C=O) groups excluding carboxylic acids is 4. The third kappa shape index (κ3) is 3.82. The lowest BCUT2D eigenvalue weighted by Gasteiger charge is -2.45. The van der Waals surface area contributed by atoms with Gasteiger partial charge in [-0.3, -0.25) is 19.2 Å². The second-order valence-electron chi connectivity index (χ2n) is 10.0. The van der Waals surface area contributed by atoms with Gasteiger partial charge in [0, 0.05) is 43.7 Å². The van der Waals surface area contributed by atoms with Crippen LogP contribution in [0.5, 0.6) is 0 Å². The van der Waals surface area contributed by atoms with Crippen molar-refractivity contribution in [3.05, 3.63) is 51.6 Å². The maximum Gasteiger partial charge on any atom is 0.272 e. The Balaban J connectivity index is 1.45. The number of hydrogen-bond donors (Lipinski definition) is 2. The minimum atomic E-state index is -3.07. The summed E-state index contributed by atoms with van der Waals surface area (Å²) in [5, 5.41) is 4.81. The van der Waals surface area contributed by atoms with E-state index in [0.717, 1.165) is 12.5 Å². The van der Waals surface area contributed by atoms with Crippen molar-refractivity contribution in [2.24, 2.45) is 11.3 Å². The summed E-state index contributed by atoms with van der Waals surface area (Å²) >= 11 is 5.81. The van der Waals surface area contributed by atoms with Crippen molar-refractivity contribution in [3.63, 3.8) is 0 Å². The van der Waals surface area contributed by atoms with Crippen LogP contribution in [0.4, 0.5) is 18.9 Å². The fraction of sp³-hybridized carbons (Fsp3) is 0.440. The third-order valence-corrected chi connectivity index (χ3v) is 7.79. The number of halogens is 4. The molecule has 1 aliphatic heterocycles. The van der Waals surface area contributed by atoms with Gasteiger partial charge in [-0.1, -0.05) is 11.6 Å². The molecular formula is C25H23ClF3N3O4. The Bertz CT molecular complexity index is 1340. The van der Waals surface area contributed by atoms with Gasteiger partial charge in [0.25, 0.3) is 5.91 Å². The molecule has 1 aromatic carbocycles. The van der Waals surface area contributed by atoms with Gasteiger partial charge in [-0.15, -0.1) is 0 Å². The van der Waals surface area contributed by atoms with Crippen molar-refractivity contribution in [1.82, 2.24) is 9.88 Å². The highest BCUT2D eigenvalue weighted by Gasteiger charge is 2.61. The van der Waals surface area contributed by atoms with Crippen LogP contribution in [-0.2, 0) is 16.0 Å². The maximum absolute atomic E-state index is 13.7. The van der Waals surface area contributed by atoms with Crippen molar-refractivity contribution in [2.75, 3.05) is 12.4 Å². The molecule has 0 unspecified atom stereocenters. The van der Waals surface area contributed by atoms with E-state index in [-0.39, 0.29) is 33.9 Å². The summed E-state index contributed by atoms with van der Waals surface area (Å²) in [6.45, 7) is 1.56. The molecule has 2 saturated carbocycles. The molecule has 2 N–H and O–H groups in total. The number of hydrogen-bond acceptors (Lipinski definition) is 4. The molecule has 2 amide bonds. The van der Waals surface area contributed by atoms with E-state index < -0.39 is 59.8 Å². The highest BCUT2D eigenvalue weighted by Crippen LogP contribution is 2.56. The van der Waals surface area contributed by atoms with Crippen LogP contribution < -0.4 is 10.6 Å². The summed E-state index contributed by atoms with van der Waals surface area (Å²) in [6.07, 6.45) is -0.894. The predicted molar refractivity (Wildman–Crippen MR) is 124 cm³/mol. The quantitative estimate of drug-likeness (QED) is 0.420. The molecule has 2 heterocycles. The van der Waals surface area contributed by atoms with Gasteiger partial charge in [-0.2, -0.15) is 0 Å². The second-order valence-corrected chi connectivity index (χ2v) is 10.4. The number of carbonyl (C=O) groups is 4. The van der Waals surface area contributed by atoms with E-state index in [4.69, 9.17) is 11.6 Å². The molecule has 0 bridgehead atoms. The van der Waals surface area contributed by atoms with Crippen molar-refractivity contribution < 1.29 is 32.3 Å². The van der Waals surface area contributed by atoms with Gasteiger partial charge in [-0.05, 0) is 49.4 Å². The summed E-state index contributed by atoms with van der Waals surface area (Å²) in [4.78, 5) is 51.9. The molecule has 7 nitrogen and oxygen atoms in total. The Morgan fingerprint density at radius 2 is 1.89 bits per heavy atom. The Labute approximate surface area is 209 Å². The summed E-state index contributed by atoms with van der Waals surface area (Å²) in [5.41, 5.74) is -0.217. The molecular weight excluding hydrogens is 499 g/mol. The van der Waals surface area contributed by atoms with Gasteiger partial charge in [0.1, 0.15) is 11.5 Å². The minimum absolute atomic E-state index is 0.0236. The van der Waals surface area contributed by atoms with E-state index in [1.807, 2.05) is 0 Å². The number of alkyl halides is 2. The van der Waals surface area contributed by atoms with E-state index in [1.54, 1.807) is 11.5 Å². The number of anilines is 1. The Morgan fingerprint density at radius 1 is 1.19 bits per heavy atom. The van der Waals surface area contributed by atoms with Crippen molar-refractivity contribution in [3.8, 4) is 0 Å². The van der Waals surface area contributed by atoms with E-state index >= 15 is 0 Å². The number of nitrogens with zero attached hydrogens (tertiary/aromatic N) is 1. The topological polar surface area (TPSA) is 97.3 Å².